The molecule has 0 unspecified atom stereocenters. The number of amides is 3. The van der Waals surface area contributed by atoms with Crippen molar-refractivity contribution in [2.24, 2.45) is 0 Å². The number of para-hydroxylation sites is 1. The summed E-state index contributed by atoms with van der Waals surface area (Å²) in [6.45, 7) is 0.650. The molecule has 2 aromatic carbocycles. The summed E-state index contributed by atoms with van der Waals surface area (Å²) < 4.78 is 1.59. The summed E-state index contributed by atoms with van der Waals surface area (Å²) in [7, 11) is 0. The molecule has 0 aliphatic heterocycles. The maximum Gasteiger partial charge on any atom is 0.321 e. The van der Waals surface area contributed by atoms with Gasteiger partial charge in [-0.3, -0.25) is 24.5 Å². The Bertz CT molecular complexity index is 1340. The lowest BCUT2D eigenvalue weighted by Gasteiger charge is -2.13. The molecule has 2 N–H and O–H groups in total. The van der Waals surface area contributed by atoms with E-state index in [1.807, 2.05) is 48.5 Å². The largest absolute Gasteiger partial charge is 0.334 e. The summed E-state index contributed by atoms with van der Waals surface area (Å²) in [5.74, 6) is -0.0460. The number of nitrogens with one attached hydrogen (secondary N) is 2. The van der Waals surface area contributed by atoms with Crippen LogP contribution in [0.4, 0.5) is 4.79 Å². The predicted molar refractivity (Wildman–Crippen MR) is 132 cm³/mol. The van der Waals surface area contributed by atoms with Crippen LogP contribution < -0.4 is 16.2 Å². The van der Waals surface area contributed by atoms with Crippen LogP contribution in [0.2, 0.25) is 0 Å². The van der Waals surface area contributed by atoms with Gasteiger partial charge in [0.2, 0.25) is 5.91 Å². The van der Waals surface area contributed by atoms with Crippen molar-refractivity contribution >= 4 is 34.6 Å². The maximum absolute atomic E-state index is 13.1. The number of thioether (sulfide) groups is 1. The molecule has 3 amide bonds. The summed E-state index contributed by atoms with van der Waals surface area (Å²) in [4.78, 5) is 46.1. The van der Waals surface area contributed by atoms with E-state index in [-0.39, 0.29) is 12.0 Å². The van der Waals surface area contributed by atoms with E-state index in [0.717, 1.165) is 11.1 Å². The number of aromatic nitrogens is 3. The van der Waals surface area contributed by atoms with E-state index in [0.29, 0.717) is 34.9 Å². The Labute approximate surface area is 200 Å². The Kier molecular flexibility index (Phi) is 7.67. The fraction of sp³-hybridized carbons (Fsp3) is 0.160. The van der Waals surface area contributed by atoms with Gasteiger partial charge in [0.05, 0.1) is 17.4 Å². The van der Waals surface area contributed by atoms with E-state index in [4.69, 9.17) is 0 Å². The van der Waals surface area contributed by atoms with E-state index in [9.17, 15) is 14.4 Å². The number of carbonyl (C=O) groups excluding carboxylic acids is 2. The molecule has 0 bridgehead atoms. The molecule has 0 saturated carbocycles. The smallest absolute Gasteiger partial charge is 0.321 e. The summed E-state index contributed by atoms with van der Waals surface area (Å²) in [5.41, 5.74) is 2.26. The lowest BCUT2D eigenvalue weighted by atomic mass is 10.2. The summed E-state index contributed by atoms with van der Waals surface area (Å²) >= 11 is 1.30. The Morgan fingerprint density at radius 3 is 2.50 bits per heavy atom. The minimum absolute atomic E-state index is 0.0962. The molecule has 2 aromatic heterocycles. The van der Waals surface area contributed by atoms with Crippen molar-refractivity contribution in [2.75, 3.05) is 5.75 Å². The number of fused-ring (bicyclic) bond motifs is 1. The third-order valence-corrected chi connectivity index (χ3v) is 5.98. The number of hydrogen-bond donors (Lipinski definition) is 2. The average Bonchev–Trinajstić information content (AvgIpc) is 2.86. The lowest BCUT2D eigenvalue weighted by Crippen LogP contribution is -2.39. The SMILES string of the molecule is O=C(CCSc1nc2ccccc2c(=O)n1Cc1cccnc1)NC(=O)NCc1ccccc1. The van der Waals surface area contributed by atoms with Gasteiger partial charge in [0, 0.05) is 31.1 Å². The van der Waals surface area contributed by atoms with Gasteiger partial charge >= 0.3 is 6.03 Å². The highest BCUT2D eigenvalue weighted by atomic mass is 32.2. The van der Waals surface area contributed by atoms with Crippen LogP contribution in [0.5, 0.6) is 0 Å². The molecule has 8 nitrogen and oxygen atoms in total. The minimum Gasteiger partial charge on any atom is -0.334 e. The second-order valence-corrected chi connectivity index (χ2v) is 8.54. The molecule has 0 saturated heterocycles. The minimum atomic E-state index is -0.545. The predicted octanol–water partition coefficient (Wildman–Crippen LogP) is 3.35. The quantitative estimate of drug-likeness (QED) is 0.300. The van der Waals surface area contributed by atoms with Crippen molar-refractivity contribution < 1.29 is 9.59 Å². The number of urea groups is 1. The molecule has 2 heterocycles. The molecule has 0 spiro atoms. The molecular formula is C25H23N5O3S. The standard InChI is InChI=1S/C25H23N5O3S/c31-22(29-24(33)27-16-18-7-2-1-3-8-18)12-14-34-25-28-21-11-5-4-10-20(21)23(32)30(25)17-19-9-6-13-26-15-19/h1-11,13,15H,12,14,16-17H2,(H2,27,29,31,33). The van der Waals surface area contributed by atoms with Crippen molar-refractivity contribution in [1.82, 2.24) is 25.2 Å². The number of rotatable bonds is 8. The van der Waals surface area contributed by atoms with Crippen molar-refractivity contribution in [3.05, 3.63) is 101 Å². The zero-order valence-corrected chi connectivity index (χ0v) is 19.1. The van der Waals surface area contributed by atoms with Crippen LogP contribution in [0.15, 0.2) is 89.1 Å². The van der Waals surface area contributed by atoms with Crippen LogP contribution in [-0.2, 0) is 17.9 Å². The van der Waals surface area contributed by atoms with Gasteiger partial charge in [-0.1, -0.05) is 60.3 Å². The first-order valence-electron chi connectivity index (χ1n) is 10.7. The van der Waals surface area contributed by atoms with E-state index in [2.05, 4.69) is 20.6 Å². The zero-order chi connectivity index (χ0) is 23.8. The first-order valence-corrected chi connectivity index (χ1v) is 11.7. The van der Waals surface area contributed by atoms with Gasteiger partial charge in [-0.25, -0.2) is 9.78 Å². The van der Waals surface area contributed by atoms with Crippen LogP contribution in [-0.4, -0.2) is 32.2 Å². The molecule has 0 aliphatic rings. The van der Waals surface area contributed by atoms with Crippen molar-refractivity contribution in [3.8, 4) is 0 Å². The molecule has 4 rings (SSSR count). The number of nitrogens with zero attached hydrogens (tertiary/aromatic N) is 3. The van der Waals surface area contributed by atoms with Gasteiger partial charge in [0.25, 0.3) is 5.56 Å². The molecule has 0 atom stereocenters. The second kappa shape index (κ2) is 11.2. The lowest BCUT2D eigenvalue weighted by molar-refractivity contribution is -0.119. The van der Waals surface area contributed by atoms with E-state index < -0.39 is 11.9 Å². The first kappa shape index (κ1) is 23.2. The van der Waals surface area contributed by atoms with Crippen molar-refractivity contribution in [3.63, 3.8) is 0 Å². The van der Waals surface area contributed by atoms with Crippen molar-refractivity contribution in [2.45, 2.75) is 24.7 Å². The first-order chi connectivity index (χ1) is 16.6. The third kappa shape index (κ3) is 6.08. The normalized spacial score (nSPS) is 10.7. The van der Waals surface area contributed by atoms with Gasteiger partial charge in [0.1, 0.15) is 0 Å². The van der Waals surface area contributed by atoms with Crippen LogP contribution >= 0.6 is 11.8 Å². The van der Waals surface area contributed by atoms with Gasteiger partial charge in [-0.15, -0.1) is 0 Å². The highest BCUT2D eigenvalue weighted by Crippen LogP contribution is 2.19. The third-order valence-electron chi connectivity index (χ3n) is 5.00. The highest BCUT2D eigenvalue weighted by molar-refractivity contribution is 7.99. The van der Waals surface area contributed by atoms with Gasteiger partial charge in [0.15, 0.2) is 5.16 Å². The van der Waals surface area contributed by atoms with Gasteiger partial charge in [-0.05, 0) is 29.3 Å². The monoisotopic (exact) mass is 473 g/mol. The molecular weight excluding hydrogens is 450 g/mol. The molecule has 172 valence electrons. The number of benzene rings is 2. The average molecular weight is 474 g/mol. The number of hydrogen-bond acceptors (Lipinski definition) is 6. The van der Waals surface area contributed by atoms with E-state index >= 15 is 0 Å². The van der Waals surface area contributed by atoms with Crippen LogP contribution in [0.1, 0.15) is 17.5 Å². The molecule has 0 aliphatic carbocycles. The molecule has 0 radical (unpaired) electrons. The van der Waals surface area contributed by atoms with Crippen LogP contribution in [0.25, 0.3) is 10.9 Å². The Balaban J connectivity index is 1.39. The molecule has 34 heavy (non-hydrogen) atoms. The number of carbonyl (C=O) groups is 2. The molecule has 0 fully saturated rings. The van der Waals surface area contributed by atoms with E-state index in [1.54, 1.807) is 35.2 Å². The van der Waals surface area contributed by atoms with Crippen LogP contribution in [0, 0.1) is 0 Å². The maximum atomic E-state index is 13.1. The molecule has 9 heteroatoms. The van der Waals surface area contributed by atoms with Gasteiger partial charge in [-0.2, -0.15) is 0 Å². The summed E-state index contributed by atoms with van der Waals surface area (Å²) in [6, 6.07) is 19.8. The van der Waals surface area contributed by atoms with Crippen molar-refractivity contribution in [1.29, 1.82) is 0 Å². The summed E-state index contributed by atoms with van der Waals surface area (Å²) in [6.07, 6.45) is 3.48. The van der Waals surface area contributed by atoms with Crippen LogP contribution in [0.3, 0.4) is 0 Å². The highest BCUT2D eigenvalue weighted by Gasteiger charge is 2.14. The Hall–Kier alpha value is -3.98. The number of pyridine rings is 1. The summed E-state index contributed by atoms with van der Waals surface area (Å²) in [5, 5.41) is 6.03. The number of imide groups is 1. The second-order valence-electron chi connectivity index (χ2n) is 7.48. The fourth-order valence-electron chi connectivity index (χ4n) is 3.32. The van der Waals surface area contributed by atoms with E-state index in [1.165, 1.54) is 11.8 Å². The Morgan fingerprint density at radius 1 is 0.941 bits per heavy atom. The Morgan fingerprint density at radius 2 is 1.71 bits per heavy atom. The fourth-order valence-corrected chi connectivity index (χ4v) is 4.25. The zero-order valence-electron chi connectivity index (χ0n) is 18.3. The van der Waals surface area contributed by atoms with Gasteiger partial charge < -0.3 is 5.32 Å². The molecule has 4 aromatic rings. The topological polar surface area (TPSA) is 106 Å².